The highest BCUT2D eigenvalue weighted by Crippen LogP contribution is 2.29. The summed E-state index contributed by atoms with van der Waals surface area (Å²) >= 11 is 3.40. The molecule has 1 heterocycles. The first kappa shape index (κ1) is 12.8. The van der Waals surface area contributed by atoms with Crippen molar-refractivity contribution >= 4 is 15.9 Å². The summed E-state index contributed by atoms with van der Waals surface area (Å²) < 4.78 is 6.98. The Hall–Kier alpha value is -0.610. The first-order chi connectivity index (χ1) is 8.20. The minimum absolute atomic E-state index is 0.294. The van der Waals surface area contributed by atoms with Crippen molar-refractivity contribution in [1.82, 2.24) is 4.98 Å². The van der Waals surface area contributed by atoms with E-state index in [1.54, 1.807) is 6.20 Å². The monoisotopic (exact) mass is 298 g/mol. The van der Waals surface area contributed by atoms with Crippen molar-refractivity contribution in [2.75, 3.05) is 0 Å². The van der Waals surface area contributed by atoms with Gasteiger partial charge in [0, 0.05) is 22.8 Å². The third kappa shape index (κ3) is 3.19. The first-order valence-corrected chi connectivity index (χ1v) is 7.01. The van der Waals surface area contributed by atoms with E-state index in [1.165, 1.54) is 19.3 Å². The Labute approximate surface area is 111 Å². The van der Waals surface area contributed by atoms with Crippen LogP contribution in [0.4, 0.5) is 0 Å². The zero-order valence-electron chi connectivity index (χ0n) is 10.2. The maximum absolute atomic E-state index is 6.03. The Morgan fingerprint density at radius 3 is 2.94 bits per heavy atom. The molecular weight excluding hydrogens is 280 g/mol. The molecule has 1 aromatic heterocycles. The lowest BCUT2D eigenvalue weighted by atomic mass is 9.88. The molecule has 94 valence electrons. The number of hydrogen-bond acceptors (Lipinski definition) is 3. The maximum Gasteiger partial charge on any atom is 0.218 e. The highest BCUT2D eigenvalue weighted by Gasteiger charge is 2.24. The molecule has 1 aliphatic carbocycles. The van der Waals surface area contributed by atoms with Gasteiger partial charge in [-0.3, -0.25) is 0 Å². The summed E-state index contributed by atoms with van der Waals surface area (Å²) in [5.74, 6) is 1.31. The highest BCUT2D eigenvalue weighted by atomic mass is 79.9. The molecule has 1 aromatic rings. The molecule has 0 bridgehead atoms. The van der Waals surface area contributed by atoms with Gasteiger partial charge in [-0.25, -0.2) is 4.98 Å². The number of aromatic nitrogens is 1. The van der Waals surface area contributed by atoms with E-state index in [2.05, 4.69) is 27.8 Å². The molecular formula is C13H19BrN2O. The van der Waals surface area contributed by atoms with Crippen LogP contribution in [0.15, 0.2) is 16.7 Å². The number of hydrogen-bond donors (Lipinski definition) is 1. The molecule has 0 saturated heterocycles. The van der Waals surface area contributed by atoms with Crippen LogP contribution in [0.5, 0.6) is 5.88 Å². The van der Waals surface area contributed by atoms with Crippen molar-refractivity contribution in [3.8, 4) is 5.88 Å². The van der Waals surface area contributed by atoms with Gasteiger partial charge in [0.2, 0.25) is 5.88 Å². The molecule has 2 unspecified atom stereocenters. The van der Waals surface area contributed by atoms with Gasteiger partial charge in [0.15, 0.2) is 0 Å². The molecule has 0 amide bonds. The second-order valence-corrected chi connectivity index (χ2v) is 5.66. The van der Waals surface area contributed by atoms with E-state index < -0.39 is 0 Å². The van der Waals surface area contributed by atoms with E-state index in [9.17, 15) is 0 Å². The van der Waals surface area contributed by atoms with Gasteiger partial charge in [-0.15, -0.1) is 0 Å². The maximum atomic E-state index is 6.03. The number of pyridine rings is 1. The minimum Gasteiger partial charge on any atom is -0.474 e. The molecule has 4 heteroatoms. The van der Waals surface area contributed by atoms with E-state index >= 15 is 0 Å². The van der Waals surface area contributed by atoms with Gasteiger partial charge < -0.3 is 10.5 Å². The van der Waals surface area contributed by atoms with Crippen molar-refractivity contribution < 1.29 is 4.74 Å². The van der Waals surface area contributed by atoms with Gasteiger partial charge in [-0.2, -0.15) is 0 Å². The summed E-state index contributed by atoms with van der Waals surface area (Å²) in [5, 5.41) is 0. The molecule has 0 radical (unpaired) electrons. The summed E-state index contributed by atoms with van der Waals surface area (Å²) in [6, 6.07) is 1.98. The number of nitrogens with two attached hydrogens (primary N) is 1. The van der Waals surface area contributed by atoms with Gasteiger partial charge in [0.05, 0.1) is 0 Å². The van der Waals surface area contributed by atoms with Crippen molar-refractivity contribution in [3.63, 3.8) is 0 Å². The quantitative estimate of drug-likeness (QED) is 0.932. The Morgan fingerprint density at radius 1 is 1.47 bits per heavy atom. The first-order valence-electron chi connectivity index (χ1n) is 6.22. The fraction of sp³-hybridized carbons (Fsp3) is 0.615. The molecule has 0 spiro atoms. The molecule has 2 atom stereocenters. The zero-order valence-corrected chi connectivity index (χ0v) is 11.7. The molecule has 1 aliphatic rings. The van der Waals surface area contributed by atoms with E-state index in [-0.39, 0.29) is 0 Å². The SMILES string of the molecule is CC1CCCCC1Oc1ncc(Br)cc1CN. The van der Waals surface area contributed by atoms with E-state index in [0.717, 1.165) is 16.5 Å². The zero-order chi connectivity index (χ0) is 12.3. The highest BCUT2D eigenvalue weighted by molar-refractivity contribution is 9.10. The van der Waals surface area contributed by atoms with Crippen LogP contribution in [0, 0.1) is 5.92 Å². The molecule has 1 saturated carbocycles. The molecule has 2 rings (SSSR count). The van der Waals surface area contributed by atoms with Crippen LogP contribution in [0.1, 0.15) is 38.2 Å². The fourth-order valence-corrected chi connectivity index (χ4v) is 2.70. The predicted octanol–water partition coefficient (Wildman–Crippen LogP) is 3.26. The third-order valence-corrected chi connectivity index (χ3v) is 3.84. The smallest absolute Gasteiger partial charge is 0.218 e. The number of nitrogens with zero attached hydrogens (tertiary/aromatic N) is 1. The summed E-state index contributed by atoms with van der Waals surface area (Å²) in [6.45, 7) is 2.72. The van der Waals surface area contributed by atoms with Crippen LogP contribution in [0.3, 0.4) is 0 Å². The van der Waals surface area contributed by atoms with Crippen LogP contribution < -0.4 is 10.5 Å². The Bertz CT molecular complexity index is 384. The molecule has 3 nitrogen and oxygen atoms in total. The Kier molecular flexibility index (Phi) is 4.40. The Morgan fingerprint density at radius 2 is 2.24 bits per heavy atom. The minimum atomic E-state index is 0.294. The van der Waals surface area contributed by atoms with Crippen molar-refractivity contribution in [2.45, 2.75) is 45.3 Å². The average Bonchev–Trinajstić information content (AvgIpc) is 2.34. The van der Waals surface area contributed by atoms with Crippen LogP contribution in [0.2, 0.25) is 0 Å². The molecule has 0 aliphatic heterocycles. The average molecular weight is 299 g/mol. The lowest BCUT2D eigenvalue weighted by Crippen LogP contribution is -2.29. The number of rotatable bonds is 3. The van der Waals surface area contributed by atoms with Gasteiger partial charge in [-0.05, 0) is 47.2 Å². The number of ether oxygens (including phenoxy) is 1. The summed E-state index contributed by atoms with van der Waals surface area (Å²) in [7, 11) is 0. The van der Waals surface area contributed by atoms with E-state index in [1.807, 2.05) is 6.07 Å². The van der Waals surface area contributed by atoms with Gasteiger partial charge in [0.25, 0.3) is 0 Å². The van der Waals surface area contributed by atoms with E-state index in [4.69, 9.17) is 10.5 Å². The van der Waals surface area contributed by atoms with Crippen LogP contribution in [-0.2, 0) is 6.54 Å². The molecule has 2 N–H and O–H groups in total. The van der Waals surface area contributed by atoms with Crippen molar-refractivity contribution in [1.29, 1.82) is 0 Å². The van der Waals surface area contributed by atoms with Crippen LogP contribution in [-0.4, -0.2) is 11.1 Å². The molecule has 17 heavy (non-hydrogen) atoms. The van der Waals surface area contributed by atoms with E-state index in [0.29, 0.717) is 24.4 Å². The van der Waals surface area contributed by atoms with Crippen LogP contribution >= 0.6 is 15.9 Å². The topological polar surface area (TPSA) is 48.1 Å². The second-order valence-electron chi connectivity index (χ2n) is 4.74. The van der Waals surface area contributed by atoms with Crippen molar-refractivity contribution in [3.05, 3.63) is 22.3 Å². The summed E-state index contributed by atoms with van der Waals surface area (Å²) in [4.78, 5) is 4.33. The predicted molar refractivity (Wildman–Crippen MR) is 71.9 cm³/mol. The van der Waals surface area contributed by atoms with Gasteiger partial charge in [0.1, 0.15) is 6.10 Å². The largest absolute Gasteiger partial charge is 0.474 e. The lowest BCUT2D eigenvalue weighted by Gasteiger charge is -2.29. The standard InChI is InChI=1S/C13H19BrN2O/c1-9-4-2-3-5-12(9)17-13-10(7-15)6-11(14)8-16-13/h6,8-9,12H,2-5,7,15H2,1H3. The summed E-state index contributed by atoms with van der Waals surface area (Å²) in [6.07, 6.45) is 7.01. The summed E-state index contributed by atoms with van der Waals surface area (Å²) in [5.41, 5.74) is 6.69. The van der Waals surface area contributed by atoms with Crippen molar-refractivity contribution in [2.24, 2.45) is 11.7 Å². The Balaban J connectivity index is 2.11. The third-order valence-electron chi connectivity index (χ3n) is 3.41. The molecule has 0 aromatic carbocycles. The number of halogens is 1. The van der Waals surface area contributed by atoms with Gasteiger partial charge >= 0.3 is 0 Å². The normalized spacial score (nSPS) is 24.6. The molecule has 1 fully saturated rings. The van der Waals surface area contributed by atoms with Gasteiger partial charge in [-0.1, -0.05) is 13.3 Å². The second kappa shape index (κ2) is 5.83. The lowest BCUT2D eigenvalue weighted by molar-refractivity contribution is 0.0964. The fourth-order valence-electron chi connectivity index (χ4n) is 2.32. The van der Waals surface area contributed by atoms with Crippen LogP contribution in [0.25, 0.3) is 0 Å².